The van der Waals surface area contributed by atoms with Crippen LogP contribution in [0.1, 0.15) is 231 Å². The number of benzene rings is 2. The Morgan fingerprint density at radius 1 is 0.594 bits per heavy atom. The number of ketones is 1. The summed E-state index contributed by atoms with van der Waals surface area (Å²) < 4.78 is 32.6. The molecule has 3 atom stereocenters. The number of halogens is 1. The van der Waals surface area contributed by atoms with Crippen LogP contribution in [-0.4, -0.2) is 26.1 Å². The number of Topliss-reactive ketones (excluding diaryl/α,β-unsaturated/α-hetero) is 1. The first-order valence-corrected chi connectivity index (χ1v) is 30.7. The van der Waals surface area contributed by atoms with Gasteiger partial charge in [-0.2, -0.15) is 0 Å². The second-order valence-electron chi connectivity index (χ2n) is 22.3. The molecule has 384 valence electrons. The number of thiophene rings is 4. The van der Waals surface area contributed by atoms with Crippen molar-refractivity contribution in [1.82, 2.24) is 0 Å². The zero-order valence-corrected chi connectivity index (χ0v) is 48.7. The third-order valence-electron chi connectivity index (χ3n) is 14.1. The highest BCUT2D eigenvalue weighted by Crippen LogP contribution is 2.53. The summed E-state index contributed by atoms with van der Waals surface area (Å²) in [6.45, 7) is 28.4. The molecule has 0 radical (unpaired) electrons. The molecule has 0 fully saturated rings. The van der Waals surface area contributed by atoms with Gasteiger partial charge in [0.15, 0.2) is 11.6 Å². The minimum atomic E-state index is -0.322. The van der Waals surface area contributed by atoms with Gasteiger partial charge in [-0.15, -0.1) is 45.3 Å². The quantitative estimate of drug-likeness (QED) is 0.0363. The normalized spacial score (nSPS) is 13.7. The summed E-state index contributed by atoms with van der Waals surface area (Å²) >= 11 is 6.72. The summed E-state index contributed by atoms with van der Waals surface area (Å²) in [6.07, 6.45) is 24.4. The molecule has 3 nitrogen and oxygen atoms in total. The van der Waals surface area contributed by atoms with Crippen LogP contribution in [0.25, 0.3) is 50.8 Å². The first kappa shape index (κ1) is 57.5. The van der Waals surface area contributed by atoms with Crippen LogP contribution >= 0.6 is 45.3 Å². The van der Waals surface area contributed by atoms with Gasteiger partial charge in [-0.25, -0.2) is 4.39 Å². The fraction of sp³-hybridized carbons (Fsp3) is 0.656. The fourth-order valence-corrected chi connectivity index (χ4v) is 15.0. The van der Waals surface area contributed by atoms with Crippen LogP contribution in [0.5, 0.6) is 5.75 Å². The Morgan fingerprint density at radius 2 is 1.19 bits per heavy atom. The highest BCUT2D eigenvalue weighted by molar-refractivity contribution is 7.30. The number of carbonyl (C=O) groups excluding carboxylic acids is 1. The van der Waals surface area contributed by atoms with Crippen LogP contribution in [0.15, 0.2) is 30.3 Å². The Bertz CT molecular complexity index is 2480. The van der Waals surface area contributed by atoms with Gasteiger partial charge in [0.25, 0.3) is 0 Å². The van der Waals surface area contributed by atoms with Gasteiger partial charge in [0.2, 0.25) is 0 Å². The van der Waals surface area contributed by atoms with Crippen LogP contribution in [0.2, 0.25) is 0 Å². The predicted octanol–water partition coefficient (Wildman–Crippen LogP) is 21.9. The largest absolute Gasteiger partial charge is 0.492 e. The molecule has 0 aliphatic heterocycles. The van der Waals surface area contributed by atoms with E-state index in [2.05, 4.69) is 113 Å². The number of hydrogen-bond acceptors (Lipinski definition) is 7. The van der Waals surface area contributed by atoms with Crippen molar-refractivity contribution in [3.8, 4) is 15.5 Å². The molecule has 69 heavy (non-hydrogen) atoms. The van der Waals surface area contributed by atoms with Crippen molar-refractivity contribution in [3.05, 3.63) is 50.8 Å². The molecule has 3 unspecified atom stereocenters. The number of carbonyl (C=O) groups is 1. The number of ether oxygens (including phenoxy) is 2. The predicted molar refractivity (Wildman–Crippen MR) is 309 cm³/mol. The molecule has 0 saturated carbocycles. The molecule has 0 N–H and O–H groups in total. The summed E-state index contributed by atoms with van der Waals surface area (Å²) in [5.74, 6) is 1.82. The lowest BCUT2D eigenvalue weighted by Crippen LogP contribution is -2.14. The fourth-order valence-electron chi connectivity index (χ4n) is 9.75. The van der Waals surface area contributed by atoms with Gasteiger partial charge >= 0.3 is 0 Å². The maximum Gasteiger partial charge on any atom is 0.178 e. The summed E-state index contributed by atoms with van der Waals surface area (Å²) in [5, 5.41) is 5.36. The van der Waals surface area contributed by atoms with Gasteiger partial charge in [-0.3, -0.25) is 4.79 Å². The molecule has 4 heterocycles. The molecular formula is C61H91FO3S4. The van der Waals surface area contributed by atoms with E-state index in [0.29, 0.717) is 22.8 Å². The van der Waals surface area contributed by atoms with Gasteiger partial charge in [0.1, 0.15) is 10.6 Å². The lowest BCUT2D eigenvalue weighted by molar-refractivity contribution is 0.0909. The molecule has 0 aliphatic rings. The third-order valence-corrected chi connectivity index (χ3v) is 19.8. The van der Waals surface area contributed by atoms with Crippen LogP contribution in [0.4, 0.5) is 4.39 Å². The highest BCUT2D eigenvalue weighted by atomic mass is 32.1. The van der Waals surface area contributed by atoms with Crippen molar-refractivity contribution in [2.45, 2.75) is 222 Å². The topological polar surface area (TPSA) is 35.5 Å². The number of fused-ring (bicyclic) bond motifs is 4. The van der Waals surface area contributed by atoms with Gasteiger partial charge in [-0.05, 0) is 102 Å². The van der Waals surface area contributed by atoms with E-state index in [-0.39, 0.29) is 28.3 Å². The van der Waals surface area contributed by atoms with Crippen molar-refractivity contribution >= 4 is 92.2 Å². The van der Waals surface area contributed by atoms with E-state index < -0.39 is 0 Å². The first-order chi connectivity index (χ1) is 33.0. The van der Waals surface area contributed by atoms with E-state index in [0.717, 1.165) is 78.8 Å². The van der Waals surface area contributed by atoms with Gasteiger partial charge in [0.05, 0.1) is 16.2 Å². The second kappa shape index (κ2) is 27.6. The monoisotopic (exact) mass is 1020 g/mol. The zero-order valence-electron chi connectivity index (χ0n) is 45.4. The Labute approximate surface area is 434 Å². The number of unbranched alkanes of at least 4 members (excludes halogenated alkanes) is 9. The number of methoxy groups -OCH3 is 1. The Kier molecular flexibility index (Phi) is 23.0. The zero-order chi connectivity index (χ0) is 50.3. The molecule has 6 aromatic rings. The van der Waals surface area contributed by atoms with E-state index in [1.54, 1.807) is 22.7 Å². The number of hydrogen-bond donors (Lipinski definition) is 0. The highest BCUT2D eigenvalue weighted by Gasteiger charge is 2.33. The number of rotatable bonds is 28. The summed E-state index contributed by atoms with van der Waals surface area (Å²) in [4.78, 5) is 18.7. The molecule has 0 spiro atoms. The minimum absolute atomic E-state index is 0.0226. The average Bonchev–Trinajstić information content (AvgIpc) is 4.11. The van der Waals surface area contributed by atoms with Gasteiger partial charge in [0, 0.05) is 59.8 Å². The molecule has 0 amide bonds. The van der Waals surface area contributed by atoms with Crippen LogP contribution in [0, 0.1) is 23.6 Å². The first-order valence-electron chi connectivity index (χ1n) is 27.4. The van der Waals surface area contributed by atoms with Gasteiger partial charge < -0.3 is 9.47 Å². The van der Waals surface area contributed by atoms with E-state index >= 15 is 4.39 Å². The molecule has 0 aliphatic carbocycles. The van der Waals surface area contributed by atoms with Crippen molar-refractivity contribution < 1.29 is 18.7 Å². The lowest BCUT2D eigenvalue weighted by Gasteiger charge is -2.19. The molecule has 0 bridgehead atoms. The van der Waals surface area contributed by atoms with Crippen molar-refractivity contribution in [2.24, 2.45) is 17.8 Å². The van der Waals surface area contributed by atoms with E-state index in [4.69, 9.17) is 9.47 Å². The molecular weight excluding hydrogens is 928 g/mol. The maximum absolute atomic E-state index is 16.9. The minimum Gasteiger partial charge on any atom is -0.492 e. The lowest BCUT2D eigenvalue weighted by atomic mass is 9.93. The molecule has 6 rings (SSSR count). The molecule has 4 aromatic heterocycles. The maximum atomic E-state index is 16.9. The van der Waals surface area contributed by atoms with Crippen molar-refractivity contribution in [3.63, 3.8) is 0 Å². The van der Waals surface area contributed by atoms with E-state index in [1.165, 1.54) is 134 Å². The third kappa shape index (κ3) is 15.3. The Hall–Kier alpha value is -2.36. The van der Waals surface area contributed by atoms with E-state index in [9.17, 15) is 4.79 Å². The summed E-state index contributed by atoms with van der Waals surface area (Å²) in [7, 11) is 1.82. The van der Waals surface area contributed by atoms with Crippen molar-refractivity contribution in [2.75, 3.05) is 20.3 Å². The Morgan fingerprint density at radius 3 is 1.75 bits per heavy atom. The van der Waals surface area contributed by atoms with Crippen LogP contribution < -0.4 is 4.74 Å². The second-order valence-corrected chi connectivity index (χ2v) is 26.5. The van der Waals surface area contributed by atoms with Crippen molar-refractivity contribution in [1.29, 1.82) is 0 Å². The summed E-state index contributed by atoms with van der Waals surface area (Å²) in [6, 6.07) is 11.7. The smallest absolute Gasteiger partial charge is 0.178 e. The van der Waals surface area contributed by atoms with E-state index in [1.807, 2.05) is 18.4 Å². The van der Waals surface area contributed by atoms with Gasteiger partial charge in [-0.1, -0.05) is 173 Å². The molecule has 2 aromatic carbocycles. The Balaban J connectivity index is 0.000000550. The summed E-state index contributed by atoms with van der Waals surface area (Å²) in [5.41, 5.74) is -0.103. The standard InChI is InChI=1S/C48H63FO2S4.C13H28O/c1-11-15-18-19-21-29(20-16-12-2)28-51-42-33-26-35-32(25-38(53-35)47(5,6)7)23-31(33)24-36-34(42)27-37(52-36)43-39-40(49)45(41(50)30(14-4)22-17-13-3)54-44(39)46(55-43)48(8,9)10;1-4-6-8-9-11-13(12-14-3)10-7-5-2/h23-27,29-30H,11-22,28H2,1-10H3;13H,4-12H2,1-3H3. The molecule has 0 saturated heterocycles. The van der Waals surface area contributed by atoms with Crippen LogP contribution in [0.3, 0.4) is 0 Å². The van der Waals surface area contributed by atoms with Crippen LogP contribution in [-0.2, 0) is 15.6 Å². The average molecular weight is 1020 g/mol. The SMILES string of the molecule is CCCCCCC(CCCC)COC.CCCCCCC(CCCC)COc1c2cc3sc(C(C)(C)C)cc3cc2cc2sc(-c3sc(C(C)(C)C)c4sc(C(=O)C(CC)CCCC)c(F)c34)cc12. The molecule has 8 heteroatoms.